The smallest absolute Gasteiger partial charge is 0.226 e. The number of anilines is 1. The van der Waals surface area contributed by atoms with Crippen LogP contribution < -0.4 is 10.6 Å². The molecule has 2 amide bonds. The zero-order valence-corrected chi connectivity index (χ0v) is 14.4. The Kier molecular flexibility index (Phi) is 7.03. The molecule has 0 bridgehead atoms. The van der Waals surface area contributed by atoms with E-state index in [-0.39, 0.29) is 24.8 Å². The van der Waals surface area contributed by atoms with Crippen molar-refractivity contribution in [3.8, 4) is 0 Å². The molecule has 0 atom stereocenters. The van der Waals surface area contributed by atoms with Crippen molar-refractivity contribution in [3.63, 3.8) is 0 Å². The van der Waals surface area contributed by atoms with Crippen LogP contribution in [0.1, 0.15) is 18.4 Å². The van der Waals surface area contributed by atoms with E-state index in [1.54, 1.807) is 42.7 Å². The van der Waals surface area contributed by atoms with Gasteiger partial charge >= 0.3 is 0 Å². The van der Waals surface area contributed by atoms with Gasteiger partial charge in [-0.1, -0.05) is 29.3 Å². The predicted molar refractivity (Wildman–Crippen MR) is 95.3 cm³/mol. The third-order valence-electron chi connectivity index (χ3n) is 3.26. The maximum atomic E-state index is 11.8. The van der Waals surface area contributed by atoms with Crippen molar-refractivity contribution >= 4 is 40.7 Å². The standard InChI is InChI=1S/C17H17Cl2N3O2/c18-13-5-3-12(15(19)10-13)4-6-16(23)21-9-7-17(24)22-14-2-1-8-20-11-14/h1-3,5,8,10-11H,4,6-7,9H2,(H,21,23)(H,22,24). The topological polar surface area (TPSA) is 71.1 Å². The number of carbonyl (C=O) groups excluding carboxylic acids is 2. The van der Waals surface area contributed by atoms with Gasteiger partial charge in [0.1, 0.15) is 0 Å². The molecule has 1 aromatic carbocycles. The highest BCUT2D eigenvalue weighted by atomic mass is 35.5. The third-order valence-corrected chi connectivity index (χ3v) is 3.84. The van der Waals surface area contributed by atoms with Crippen molar-refractivity contribution in [1.29, 1.82) is 0 Å². The molecule has 0 fully saturated rings. The number of hydrogen-bond donors (Lipinski definition) is 2. The summed E-state index contributed by atoms with van der Waals surface area (Å²) in [6.45, 7) is 0.277. The summed E-state index contributed by atoms with van der Waals surface area (Å²) in [5.74, 6) is -0.306. The number of benzene rings is 1. The number of pyridine rings is 1. The van der Waals surface area contributed by atoms with Crippen LogP contribution in [0.15, 0.2) is 42.7 Å². The molecular formula is C17H17Cl2N3O2. The number of rotatable bonds is 7. The summed E-state index contributed by atoms with van der Waals surface area (Å²) in [6.07, 6.45) is 4.20. The highest BCUT2D eigenvalue weighted by Crippen LogP contribution is 2.21. The maximum Gasteiger partial charge on any atom is 0.226 e. The summed E-state index contributed by atoms with van der Waals surface area (Å²) in [7, 11) is 0. The molecule has 0 radical (unpaired) electrons. The van der Waals surface area contributed by atoms with Gasteiger partial charge in [-0.15, -0.1) is 0 Å². The third kappa shape index (κ3) is 6.18. The van der Waals surface area contributed by atoms with Crippen molar-refractivity contribution in [3.05, 3.63) is 58.3 Å². The molecule has 0 spiro atoms. The number of aryl methyl sites for hydroxylation is 1. The van der Waals surface area contributed by atoms with Gasteiger partial charge in [0.15, 0.2) is 0 Å². The number of hydrogen-bond acceptors (Lipinski definition) is 3. The Bertz CT molecular complexity index is 708. The van der Waals surface area contributed by atoms with E-state index in [1.807, 2.05) is 0 Å². The fraction of sp³-hybridized carbons (Fsp3) is 0.235. The van der Waals surface area contributed by atoms with Crippen LogP contribution in [0.3, 0.4) is 0 Å². The van der Waals surface area contributed by atoms with Crippen molar-refractivity contribution in [2.45, 2.75) is 19.3 Å². The molecule has 0 saturated carbocycles. The zero-order chi connectivity index (χ0) is 17.4. The normalized spacial score (nSPS) is 10.2. The minimum atomic E-state index is -0.177. The molecule has 0 aliphatic heterocycles. The van der Waals surface area contributed by atoms with Gasteiger partial charge in [-0.25, -0.2) is 0 Å². The Morgan fingerprint density at radius 3 is 2.62 bits per heavy atom. The molecule has 7 heteroatoms. The van der Waals surface area contributed by atoms with Crippen LogP contribution in [0.5, 0.6) is 0 Å². The van der Waals surface area contributed by atoms with Crippen LogP contribution in [0.2, 0.25) is 10.0 Å². The van der Waals surface area contributed by atoms with Gasteiger partial charge in [-0.05, 0) is 36.2 Å². The van der Waals surface area contributed by atoms with Gasteiger partial charge in [0.05, 0.1) is 11.9 Å². The zero-order valence-electron chi connectivity index (χ0n) is 12.9. The van der Waals surface area contributed by atoms with Gasteiger partial charge < -0.3 is 10.6 Å². The first-order valence-electron chi connectivity index (χ1n) is 7.45. The first-order chi connectivity index (χ1) is 11.5. The molecule has 1 heterocycles. The Hall–Kier alpha value is -2.11. The van der Waals surface area contributed by atoms with E-state index in [4.69, 9.17) is 23.2 Å². The highest BCUT2D eigenvalue weighted by Gasteiger charge is 2.07. The van der Waals surface area contributed by atoms with Crippen LogP contribution >= 0.6 is 23.2 Å². The molecule has 0 aliphatic carbocycles. The summed E-state index contributed by atoms with van der Waals surface area (Å²) in [4.78, 5) is 27.5. The van der Waals surface area contributed by atoms with Crippen molar-refractivity contribution in [1.82, 2.24) is 10.3 Å². The number of nitrogens with zero attached hydrogens (tertiary/aromatic N) is 1. The number of carbonyl (C=O) groups is 2. The molecule has 5 nitrogen and oxygen atoms in total. The minimum absolute atomic E-state index is 0.129. The van der Waals surface area contributed by atoms with Crippen LogP contribution in [0.25, 0.3) is 0 Å². The predicted octanol–water partition coefficient (Wildman–Crippen LogP) is 3.47. The monoisotopic (exact) mass is 365 g/mol. The van der Waals surface area contributed by atoms with E-state index in [9.17, 15) is 9.59 Å². The highest BCUT2D eigenvalue weighted by molar-refractivity contribution is 6.35. The summed E-state index contributed by atoms with van der Waals surface area (Å²) in [5.41, 5.74) is 1.50. The number of amides is 2. The largest absolute Gasteiger partial charge is 0.356 e. The summed E-state index contributed by atoms with van der Waals surface area (Å²) < 4.78 is 0. The molecule has 2 rings (SSSR count). The lowest BCUT2D eigenvalue weighted by molar-refractivity contribution is -0.121. The van der Waals surface area contributed by atoms with E-state index in [2.05, 4.69) is 15.6 Å². The summed E-state index contributed by atoms with van der Waals surface area (Å²) >= 11 is 11.9. The van der Waals surface area contributed by atoms with E-state index in [0.29, 0.717) is 28.6 Å². The molecule has 126 valence electrons. The molecule has 0 aliphatic rings. The minimum Gasteiger partial charge on any atom is -0.356 e. The van der Waals surface area contributed by atoms with Crippen LogP contribution in [-0.4, -0.2) is 23.3 Å². The molecule has 0 unspecified atom stereocenters. The first kappa shape index (κ1) is 18.2. The Morgan fingerprint density at radius 2 is 1.92 bits per heavy atom. The Balaban J connectivity index is 1.67. The molecule has 0 saturated heterocycles. The number of nitrogens with one attached hydrogen (secondary N) is 2. The van der Waals surface area contributed by atoms with Gasteiger partial charge in [-0.2, -0.15) is 0 Å². The van der Waals surface area contributed by atoms with Crippen LogP contribution in [0.4, 0.5) is 5.69 Å². The lowest BCUT2D eigenvalue weighted by Gasteiger charge is -2.07. The van der Waals surface area contributed by atoms with Crippen LogP contribution in [0, 0.1) is 0 Å². The second kappa shape index (κ2) is 9.25. The Morgan fingerprint density at radius 1 is 1.08 bits per heavy atom. The molecule has 2 aromatic rings. The molecule has 24 heavy (non-hydrogen) atoms. The summed E-state index contributed by atoms with van der Waals surface area (Å²) in [5, 5.41) is 6.53. The quantitative estimate of drug-likeness (QED) is 0.788. The van der Waals surface area contributed by atoms with E-state index in [0.717, 1.165) is 5.56 Å². The van der Waals surface area contributed by atoms with Gasteiger partial charge in [0.25, 0.3) is 0 Å². The lowest BCUT2D eigenvalue weighted by atomic mass is 10.1. The van der Waals surface area contributed by atoms with Gasteiger partial charge in [0.2, 0.25) is 11.8 Å². The van der Waals surface area contributed by atoms with E-state index in [1.165, 1.54) is 0 Å². The lowest BCUT2D eigenvalue weighted by Crippen LogP contribution is -2.27. The number of halogens is 2. The summed E-state index contributed by atoms with van der Waals surface area (Å²) in [6, 6.07) is 8.68. The van der Waals surface area contributed by atoms with Crippen molar-refractivity contribution in [2.24, 2.45) is 0 Å². The fourth-order valence-electron chi connectivity index (χ4n) is 2.04. The average molecular weight is 366 g/mol. The van der Waals surface area contributed by atoms with Crippen molar-refractivity contribution < 1.29 is 9.59 Å². The first-order valence-corrected chi connectivity index (χ1v) is 8.20. The van der Waals surface area contributed by atoms with E-state index >= 15 is 0 Å². The average Bonchev–Trinajstić information content (AvgIpc) is 2.55. The molecule has 2 N–H and O–H groups in total. The second-order valence-electron chi connectivity index (χ2n) is 5.13. The van der Waals surface area contributed by atoms with Gasteiger partial charge in [0, 0.05) is 35.6 Å². The molecule has 1 aromatic heterocycles. The SMILES string of the molecule is O=C(CCc1ccc(Cl)cc1Cl)NCCC(=O)Nc1cccnc1. The van der Waals surface area contributed by atoms with Crippen LogP contribution in [-0.2, 0) is 16.0 Å². The van der Waals surface area contributed by atoms with E-state index < -0.39 is 0 Å². The second-order valence-corrected chi connectivity index (χ2v) is 5.97. The fourth-order valence-corrected chi connectivity index (χ4v) is 2.54. The maximum absolute atomic E-state index is 11.8. The Labute approximate surface area is 150 Å². The van der Waals surface area contributed by atoms with Gasteiger partial charge in [-0.3, -0.25) is 14.6 Å². The van der Waals surface area contributed by atoms with Crippen molar-refractivity contribution in [2.75, 3.05) is 11.9 Å². The number of aromatic nitrogens is 1. The molecular weight excluding hydrogens is 349 g/mol.